The third-order valence-corrected chi connectivity index (χ3v) is 3.45. The first kappa shape index (κ1) is 22.0. The van der Waals surface area contributed by atoms with Gasteiger partial charge in [0.2, 0.25) is 5.91 Å². The summed E-state index contributed by atoms with van der Waals surface area (Å²) >= 11 is 0. The molecule has 0 aromatic heterocycles. The van der Waals surface area contributed by atoms with Crippen LogP contribution in [0.3, 0.4) is 0 Å². The van der Waals surface area contributed by atoms with Gasteiger partial charge < -0.3 is 20.5 Å². The molecule has 0 unspecified atom stereocenters. The lowest BCUT2D eigenvalue weighted by Gasteiger charge is -2.23. The van der Waals surface area contributed by atoms with E-state index in [1.165, 1.54) is 6.92 Å². The molecule has 1 aromatic carbocycles. The van der Waals surface area contributed by atoms with Gasteiger partial charge in [0.1, 0.15) is 17.7 Å². The van der Waals surface area contributed by atoms with Gasteiger partial charge in [-0.1, -0.05) is 0 Å². The molecule has 10 heteroatoms. The van der Waals surface area contributed by atoms with Crippen molar-refractivity contribution in [1.82, 2.24) is 5.32 Å². The molecule has 0 bridgehead atoms. The fourth-order valence-corrected chi connectivity index (χ4v) is 2.25. The minimum atomic E-state index is -1.68. The number of primary amides is 1. The van der Waals surface area contributed by atoms with Crippen LogP contribution in [0.2, 0.25) is 0 Å². The third kappa shape index (κ3) is 6.32. The van der Waals surface area contributed by atoms with Crippen molar-refractivity contribution in [1.29, 1.82) is 0 Å². The average molecular weight is 386 g/mol. The average Bonchev–Trinajstić information content (AvgIpc) is 2.57. The molecule has 3 N–H and O–H groups in total. The molecule has 0 heterocycles. The number of amides is 2. The molecule has 0 saturated carbocycles. The van der Waals surface area contributed by atoms with E-state index in [-0.39, 0.29) is 13.2 Å². The summed E-state index contributed by atoms with van der Waals surface area (Å²) in [5.41, 5.74) is 4.67. The quantitative estimate of drug-likeness (QED) is 0.602. The van der Waals surface area contributed by atoms with Crippen LogP contribution in [0.25, 0.3) is 0 Å². The van der Waals surface area contributed by atoms with Crippen molar-refractivity contribution in [2.75, 3.05) is 13.2 Å². The minimum Gasteiger partial charge on any atom is -0.466 e. The van der Waals surface area contributed by atoms with E-state index in [2.05, 4.69) is 5.32 Å². The summed E-state index contributed by atoms with van der Waals surface area (Å²) in [5.74, 6) is -7.59. The zero-order valence-electron chi connectivity index (χ0n) is 14.8. The molecule has 2 amide bonds. The first-order valence-electron chi connectivity index (χ1n) is 8.08. The zero-order chi connectivity index (χ0) is 20.6. The molecule has 148 valence electrons. The van der Waals surface area contributed by atoms with Crippen LogP contribution in [0.15, 0.2) is 18.2 Å². The van der Waals surface area contributed by atoms with Crippen LogP contribution in [-0.2, 0) is 23.9 Å². The number of hydrogen-bond donors (Lipinski definition) is 2. The molecule has 2 atom stereocenters. The Hall–Kier alpha value is -3.04. The molecule has 1 aromatic rings. The van der Waals surface area contributed by atoms with Crippen molar-refractivity contribution < 1.29 is 37.4 Å². The van der Waals surface area contributed by atoms with Crippen LogP contribution < -0.4 is 11.1 Å². The van der Waals surface area contributed by atoms with Gasteiger partial charge in [-0.25, -0.2) is 8.78 Å². The Balaban J connectivity index is 3.11. The van der Waals surface area contributed by atoms with Crippen molar-refractivity contribution >= 4 is 23.8 Å². The highest BCUT2D eigenvalue weighted by atomic mass is 19.1. The van der Waals surface area contributed by atoms with E-state index in [4.69, 9.17) is 15.2 Å². The molecule has 0 fully saturated rings. The summed E-state index contributed by atoms with van der Waals surface area (Å²) < 4.78 is 36.3. The van der Waals surface area contributed by atoms with Gasteiger partial charge in [-0.05, 0) is 26.0 Å². The smallest absolute Gasteiger partial charge is 0.312 e. The van der Waals surface area contributed by atoms with Gasteiger partial charge >= 0.3 is 11.9 Å². The van der Waals surface area contributed by atoms with Crippen molar-refractivity contribution in [2.24, 2.45) is 11.7 Å². The predicted octanol–water partition coefficient (Wildman–Crippen LogP) is 0.681. The van der Waals surface area contributed by atoms with Crippen LogP contribution in [-0.4, -0.2) is 43.0 Å². The lowest BCUT2D eigenvalue weighted by atomic mass is 9.95. The summed E-state index contributed by atoms with van der Waals surface area (Å²) in [6.45, 7) is 3.03. The first-order valence-corrected chi connectivity index (χ1v) is 8.08. The SMILES string of the molecule is CCOC(=O)C[C@@H](C(=O)OCC)[C@H](NC(=O)c1ccc(F)cc1F)C(N)=O. The summed E-state index contributed by atoms with van der Waals surface area (Å²) in [4.78, 5) is 47.9. The fourth-order valence-electron chi connectivity index (χ4n) is 2.25. The van der Waals surface area contributed by atoms with E-state index >= 15 is 0 Å². The van der Waals surface area contributed by atoms with Crippen LogP contribution >= 0.6 is 0 Å². The molecular formula is C17H20F2N2O6. The molecule has 27 heavy (non-hydrogen) atoms. The summed E-state index contributed by atoms with van der Waals surface area (Å²) in [7, 11) is 0. The summed E-state index contributed by atoms with van der Waals surface area (Å²) in [6, 6.07) is 0.516. The Morgan fingerprint density at radius 3 is 2.26 bits per heavy atom. The van der Waals surface area contributed by atoms with E-state index in [9.17, 15) is 28.0 Å². The molecule has 0 aliphatic rings. The number of hydrogen-bond acceptors (Lipinski definition) is 6. The van der Waals surface area contributed by atoms with Crippen LogP contribution in [0.4, 0.5) is 8.78 Å². The highest BCUT2D eigenvalue weighted by molar-refractivity contribution is 5.99. The van der Waals surface area contributed by atoms with Gasteiger partial charge in [0, 0.05) is 6.07 Å². The maximum Gasteiger partial charge on any atom is 0.312 e. The summed E-state index contributed by atoms with van der Waals surface area (Å²) in [5, 5.41) is 2.10. The molecule has 1 rings (SSSR count). The number of nitrogens with two attached hydrogens (primary N) is 1. The largest absolute Gasteiger partial charge is 0.466 e. The van der Waals surface area contributed by atoms with E-state index < -0.39 is 59.3 Å². The monoisotopic (exact) mass is 386 g/mol. The highest BCUT2D eigenvalue weighted by Crippen LogP contribution is 2.16. The Kier molecular flexibility index (Phi) is 8.31. The second-order valence-electron chi connectivity index (χ2n) is 5.35. The van der Waals surface area contributed by atoms with Crippen LogP contribution in [0.5, 0.6) is 0 Å². The number of carbonyl (C=O) groups excluding carboxylic acids is 4. The lowest BCUT2D eigenvalue weighted by Crippen LogP contribution is -2.52. The van der Waals surface area contributed by atoms with Crippen molar-refractivity contribution in [2.45, 2.75) is 26.3 Å². The van der Waals surface area contributed by atoms with E-state index in [0.717, 1.165) is 12.1 Å². The van der Waals surface area contributed by atoms with Crippen molar-refractivity contribution in [3.8, 4) is 0 Å². The number of esters is 2. The first-order chi connectivity index (χ1) is 12.7. The van der Waals surface area contributed by atoms with E-state index in [0.29, 0.717) is 6.07 Å². The third-order valence-electron chi connectivity index (χ3n) is 3.45. The molecule has 8 nitrogen and oxygen atoms in total. The number of ether oxygens (including phenoxy) is 2. The number of nitrogens with one attached hydrogen (secondary N) is 1. The molecule has 0 radical (unpaired) electrons. The van der Waals surface area contributed by atoms with Crippen LogP contribution in [0, 0.1) is 17.6 Å². The number of carbonyl (C=O) groups is 4. The summed E-state index contributed by atoms with van der Waals surface area (Å²) in [6.07, 6.45) is -0.591. The molecule has 0 saturated heterocycles. The zero-order valence-corrected chi connectivity index (χ0v) is 14.8. The molecule has 0 spiro atoms. The van der Waals surface area contributed by atoms with Crippen LogP contribution in [0.1, 0.15) is 30.6 Å². The predicted molar refractivity (Wildman–Crippen MR) is 88.2 cm³/mol. The maximum atomic E-state index is 13.8. The Bertz CT molecular complexity index is 725. The van der Waals surface area contributed by atoms with Crippen molar-refractivity contribution in [3.63, 3.8) is 0 Å². The van der Waals surface area contributed by atoms with Crippen molar-refractivity contribution in [3.05, 3.63) is 35.4 Å². The van der Waals surface area contributed by atoms with Gasteiger partial charge in [0.05, 0.1) is 31.1 Å². The standard InChI is InChI=1S/C17H20F2N2O6/c1-3-26-13(22)8-11(17(25)27-4-2)14(15(20)23)21-16(24)10-6-5-9(18)7-12(10)19/h5-7,11,14H,3-4,8H2,1-2H3,(H2,20,23)(H,21,24)/t11-,14+/m1/s1. The maximum absolute atomic E-state index is 13.8. The van der Waals surface area contributed by atoms with Gasteiger partial charge in [0.25, 0.3) is 5.91 Å². The molecular weight excluding hydrogens is 366 g/mol. The second-order valence-corrected chi connectivity index (χ2v) is 5.35. The Morgan fingerprint density at radius 2 is 1.74 bits per heavy atom. The Morgan fingerprint density at radius 1 is 1.11 bits per heavy atom. The minimum absolute atomic E-state index is 0.0305. The molecule has 0 aliphatic carbocycles. The normalized spacial score (nSPS) is 12.6. The highest BCUT2D eigenvalue weighted by Gasteiger charge is 2.37. The topological polar surface area (TPSA) is 125 Å². The van der Waals surface area contributed by atoms with Gasteiger partial charge in [-0.2, -0.15) is 0 Å². The number of rotatable bonds is 9. The lowest BCUT2D eigenvalue weighted by molar-refractivity contribution is -0.156. The number of benzene rings is 1. The van der Waals surface area contributed by atoms with Gasteiger partial charge in [-0.3, -0.25) is 19.2 Å². The second kappa shape index (κ2) is 10.2. The fraction of sp³-hybridized carbons (Fsp3) is 0.412. The van der Waals surface area contributed by atoms with E-state index in [1.54, 1.807) is 6.92 Å². The number of halogens is 2. The Labute approximate surface area is 154 Å². The van der Waals surface area contributed by atoms with Gasteiger partial charge in [0.15, 0.2) is 0 Å². The van der Waals surface area contributed by atoms with Gasteiger partial charge in [-0.15, -0.1) is 0 Å². The van der Waals surface area contributed by atoms with E-state index in [1.807, 2.05) is 0 Å². The molecule has 0 aliphatic heterocycles.